The second-order valence-electron chi connectivity index (χ2n) is 2.95. The van der Waals surface area contributed by atoms with E-state index >= 15 is 0 Å². The Kier molecular flexibility index (Phi) is 6.24. The molecule has 0 saturated heterocycles. The molecule has 0 aromatic heterocycles. The lowest BCUT2D eigenvalue weighted by Crippen LogP contribution is -2.14. The van der Waals surface area contributed by atoms with Crippen molar-refractivity contribution in [2.75, 3.05) is 6.61 Å². The van der Waals surface area contributed by atoms with Gasteiger partial charge < -0.3 is 9.84 Å². The summed E-state index contributed by atoms with van der Waals surface area (Å²) in [5.41, 5.74) is 0. The van der Waals surface area contributed by atoms with Gasteiger partial charge in [0.25, 0.3) is 0 Å². The number of rotatable bonds is 5. The van der Waals surface area contributed by atoms with Crippen LogP contribution in [0.4, 0.5) is 0 Å². The average Bonchev–Trinajstić information content (AvgIpc) is 2.13. The first-order valence-electron chi connectivity index (χ1n) is 4.64. The minimum atomic E-state index is -0.384. The Morgan fingerprint density at radius 1 is 1.54 bits per heavy atom. The quantitative estimate of drug-likeness (QED) is 0.523. The van der Waals surface area contributed by atoms with E-state index in [0.29, 0.717) is 13.0 Å². The standard InChI is InChI=1S/C10H18O3/c1-4-9(11)8(3)6-7-10(12)13-5-2/h6-9,11H,4-5H2,1-3H3/b7-6+/t8-,9+/m1/s1. The van der Waals surface area contributed by atoms with Gasteiger partial charge >= 0.3 is 5.97 Å². The zero-order valence-corrected chi connectivity index (χ0v) is 8.49. The minimum Gasteiger partial charge on any atom is -0.463 e. The van der Waals surface area contributed by atoms with E-state index < -0.39 is 0 Å². The molecule has 3 nitrogen and oxygen atoms in total. The summed E-state index contributed by atoms with van der Waals surface area (Å²) >= 11 is 0. The van der Waals surface area contributed by atoms with E-state index in [1.165, 1.54) is 6.08 Å². The van der Waals surface area contributed by atoms with Gasteiger partial charge in [0, 0.05) is 12.0 Å². The minimum absolute atomic E-state index is 0.00518. The van der Waals surface area contributed by atoms with Crippen LogP contribution in [-0.4, -0.2) is 23.8 Å². The van der Waals surface area contributed by atoms with Crippen LogP contribution in [0.15, 0.2) is 12.2 Å². The van der Waals surface area contributed by atoms with Gasteiger partial charge in [-0.2, -0.15) is 0 Å². The Hall–Kier alpha value is -0.830. The molecule has 0 amide bonds. The molecular weight excluding hydrogens is 168 g/mol. The molecule has 3 heteroatoms. The highest BCUT2D eigenvalue weighted by atomic mass is 16.5. The summed E-state index contributed by atoms with van der Waals surface area (Å²) in [6.07, 6.45) is 3.35. The average molecular weight is 186 g/mol. The molecule has 2 atom stereocenters. The topological polar surface area (TPSA) is 46.5 Å². The van der Waals surface area contributed by atoms with Crippen molar-refractivity contribution in [1.29, 1.82) is 0 Å². The molecule has 0 aliphatic rings. The molecule has 0 saturated carbocycles. The first-order valence-corrected chi connectivity index (χ1v) is 4.64. The van der Waals surface area contributed by atoms with Gasteiger partial charge in [-0.05, 0) is 13.3 Å². The first kappa shape index (κ1) is 12.2. The molecule has 0 aromatic carbocycles. The highest BCUT2D eigenvalue weighted by Crippen LogP contribution is 2.07. The maximum atomic E-state index is 10.9. The Labute approximate surface area is 79.4 Å². The van der Waals surface area contributed by atoms with Gasteiger partial charge in [-0.1, -0.05) is 19.9 Å². The molecule has 0 fully saturated rings. The Bertz CT molecular complexity index is 175. The van der Waals surface area contributed by atoms with Crippen molar-refractivity contribution in [2.24, 2.45) is 5.92 Å². The van der Waals surface area contributed by atoms with E-state index in [0.717, 1.165) is 0 Å². The van der Waals surface area contributed by atoms with Crippen LogP contribution in [0.3, 0.4) is 0 Å². The normalized spacial score (nSPS) is 15.7. The maximum absolute atomic E-state index is 10.9. The number of carbonyl (C=O) groups is 1. The fourth-order valence-electron chi connectivity index (χ4n) is 0.921. The summed E-state index contributed by atoms with van der Waals surface area (Å²) in [7, 11) is 0. The first-order chi connectivity index (χ1) is 6.11. The van der Waals surface area contributed by atoms with E-state index in [1.807, 2.05) is 13.8 Å². The molecule has 0 aliphatic heterocycles. The molecule has 1 N–H and O–H groups in total. The van der Waals surface area contributed by atoms with Gasteiger partial charge in [0.05, 0.1) is 12.7 Å². The van der Waals surface area contributed by atoms with Crippen LogP contribution in [0.2, 0.25) is 0 Å². The number of hydrogen-bond donors (Lipinski definition) is 1. The number of aliphatic hydroxyl groups is 1. The lowest BCUT2D eigenvalue weighted by molar-refractivity contribution is -0.137. The lowest BCUT2D eigenvalue weighted by atomic mass is 10.0. The molecule has 0 bridgehead atoms. The second kappa shape index (κ2) is 6.66. The Balaban J connectivity index is 3.88. The van der Waals surface area contributed by atoms with E-state index in [2.05, 4.69) is 0 Å². The van der Waals surface area contributed by atoms with Crippen molar-refractivity contribution in [1.82, 2.24) is 0 Å². The van der Waals surface area contributed by atoms with Crippen molar-refractivity contribution in [2.45, 2.75) is 33.3 Å². The summed E-state index contributed by atoms with van der Waals surface area (Å²) in [6, 6.07) is 0. The smallest absolute Gasteiger partial charge is 0.330 e. The van der Waals surface area contributed by atoms with Crippen molar-refractivity contribution in [3.8, 4) is 0 Å². The van der Waals surface area contributed by atoms with Gasteiger partial charge in [0.1, 0.15) is 0 Å². The zero-order chi connectivity index (χ0) is 10.3. The summed E-state index contributed by atoms with van der Waals surface area (Å²) in [5.74, 6) is -0.355. The van der Waals surface area contributed by atoms with Gasteiger partial charge in [0.15, 0.2) is 0 Å². The molecule has 13 heavy (non-hydrogen) atoms. The van der Waals surface area contributed by atoms with Gasteiger partial charge in [-0.3, -0.25) is 0 Å². The third kappa shape index (κ3) is 5.42. The molecule has 0 heterocycles. The van der Waals surface area contributed by atoms with Crippen LogP contribution in [0.1, 0.15) is 27.2 Å². The summed E-state index contributed by atoms with van der Waals surface area (Å²) in [4.78, 5) is 10.9. The summed E-state index contributed by atoms with van der Waals surface area (Å²) in [5, 5.41) is 9.37. The third-order valence-electron chi connectivity index (χ3n) is 1.85. The fourth-order valence-corrected chi connectivity index (χ4v) is 0.921. The Morgan fingerprint density at radius 2 is 2.15 bits per heavy atom. The highest BCUT2D eigenvalue weighted by molar-refractivity contribution is 5.81. The fraction of sp³-hybridized carbons (Fsp3) is 0.700. The van der Waals surface area contributed by atoms with E-state index in [9.17, 15) is 9.90 Å². The largest absolute Gasteiger partial charge is 0.463 e. The number of aliphatic hydroxyl groups excluding tert-OH is 1. The zero-order valence-electron chi connectivity index (χ0n) is 8.49. The van der Waals surface area contributed by atoms with E-state index in [-0.39, 0.29) is 18.0 Å². The van der Waals surface area contributed by atoms with Crippen LogP contribution in [0.25, 0.3) is 0 Å². The summed E-state index contributed by atoms with van der Waals surface area (Å²) < 4.78 is 4.70. The van der Waals surface area contributed by atoms with Crippen molar-refractivity contribution in [3.63, 3.8) is 0 Å². The monoisotopic (exact) mass is 186 g/mol. The predicted molar refractivity (Wildman–Crippen MR) is 51.2 cm³/mol. The maximum Gasteiger partial charge on any atom is 0.330 e. The molecule has 0 aromatic rings. The third-order valence-corrected chi connectivity index (χ3v) is 1.85. The van der Waals surface area contributed by atoms with E-state index in [1.54, 1.807) is 13.0 Å². The molecule has 0 radical (unpaired) electrons. The summed E-state index contributed by atoms with van der Waals surface area (Å²) in [6.45, 7) is 5.91. The number of esters is 1. The van der Waals surface area contributed by atoms with Crippen LogP contribution in [0, 0.1) is 5.92 Å². The van der Waals surface area contributed by atoms with Crippen LogP contribution < -0.4 is 0 Å². The van der Waals surface area contributed by atoms with Crippen molar-refractivity contribution < 1.29 is 14.6 Å². The van der Waals surface area contributed by atoms with E-state index in [4.69, 9.17) is 4.74 Å². The molecule has 76 valence electrons. The van der Waals surface area contributed by atoms with Crippen LogP contribution in [-0.2, 0) is 9.53 Å². The lowest BCUT2D eigenvalue weighted by Gasteiger charge is -2.11. The number of hydrogen-bond acceptors (Lipinski definition) is 3. The van der Waals surface area contributed by atoms with Gasteiger partial charge in [-0.15, -0.1) is 0 Å². The molecular formula is C10H18O3. The second-order valence-corrected chi connectivity index (χ2v) is 2.95. The molecule has 0 aliphatic carbocycles. The molecule has 0 spiro atoms. The van der Waals surface area contributed by atoms with Gasteiger partial charge in [-0.25, -0.2) is 4.79 Å². The SMILES string of the molecule is CCOC(=O)/C=C/[C@@H](C)[C@@H](O)CC. The van der Waals surface area contributed by atoms with Crippen LogP contribution >= 0.6 is 0 Å². The highest BCUT2D eigenvalue weighted by Gasteiger charge is 2.08. The molecule has 0 rings (SSSR count). The molecule has 0 unspecified atom stereocenters. The van der Waals surface area contributed by atoms with Crippen LogP contribution in [0.5, 0.6) is 0 Å². The predicted octanol–water partition coefficient (Wildman–Crippen LogP) is 1.51. The number of ether oxygens (including phenoxy) is 1. The van der Waals surface area contributed by atoms with Crippen molar-refractivity contribution >= 4 is 5.97 Å². The van der Waals surface area contributed by atoms with Crippen molar-refractivity contribution in [3.05, 3.63) is 12.2 Å². The van der Waals surface area contributed by atoms with Gasteiger partial charge in [0.2, 0.25) is 0 Å². The Morgan fingerprint density at radius 3 is 2.62 bits per heavy atom. The number of carbonyl (C=O) groups excluding carboxylic acids is 1.